The molecule has 0 saturated carbocycles. The van der Waals surface area contributed by atoms with Gasteiger partial charge in [-0.05, 0) is 17.8 Å². The third-order valence-corrected chi connectivity index (χ3v) is 3.65. The minimum Gasteiger partial charge on any atom is -0.384 e. The molecule has 0 radical (unpaired) electrons. The highest BCUT2D eigenvalue weighted by Gasteiger charge is 2.20. The lowest BCUT2D eigenvalue weighted by atomic mass is 9.85. The van der Waals surface area contributed by atoms with Crippen molar-refractivity contribution in [2.24, 2.45) is 17.8 Å². The van der Waals surface area contributed by atoms with Crippen LogP contribution in [0.25, 0.3) is 0 Å². The molecule has 0 aromatic carbocycles. The van der Waals surface area contributed by atoms with Gasteiger partial charge in [0.15, 0.2) is 0 Å². The number of rotatable bonds is 5. The Balaban J connectivity index is 2.85. The Bertz CT molecular complexity index is 425. The Hall–Kier alpha value is -1.32. The van der Waals surface area contributed by atoms with Crippen molar-refractivity contribution in [1.82, 2.24) is 9.97 Å². The lowest BCUT2D eigenvalue weighted by molar-refractivity contribution is 0.304. The number of nitrogens with zero attached hydrogens (tertiary/aromatic N) is 2. The number of hydrogen-bond acceptors (Lipinski definition) is 4. The van der Waals surface area contributed by atoms with Crippen molar-refractivity contribution in [3.63, 3.8) is 0 Å². The first-order valence-corrected chi connectivity index (χ1v) is 7.50. The normalized spacial score (nSPS) is 12.5. The number of aromatic nitrogens is 2. The van der Waals surface area contributed by atoms with Crippen LogP contribution >= 0.6 is 0 Å². The zero-order chi connectivity index (χ0) is 15.5. The number of nitrogen functional groups attached to an aromatic ring is 1. The molecule has 0 unspecified atom stereocenters. The zero-order valence-electron chi connectivity index (χ0n) is 14.0. The van der Waals surface area contributed by atoms with Crippen LogP contribution in [0.3, 0.4) is 0 Å². The quantitative estimate of drug-likeness (QED) is 0.862. The maximum Gasteiger partial charge on any atom is 0.138 e. The summed E-state index contributed by atoms with van der Waals surface area (Å²) in [6.07, 6.45) is 0. The average molecular weight is 278 g/mol. The summed E-state index contributed by atoms with van der Waals surface area (Å²) in [7, 11) is 0. The van der Waals surface area contributed by atoms with E-state index in [9.17, 15) is 0 Å². The van der Waals surface area contributed by atoms with Crippen LogP contribution in [-0.2, 0) is 5.41 Å². The van der Waals surface area contributed by atoms with Crippen LogP contribution in [-0.4, -0.2) is 16.5 Å². The van der Waals surface area contributed by atoms with Crippen molar-refractivity contribution in [2.75, 3.05) is 17.6 Å². The van der Waals surface area contributed by atoms with E-state index >= 15 is 0 Å². The highest BCUT2D eigenvalue weighted by Crippen LogP contribution is 2.23. The van der Waals surface area contributed by atoms with Gasteiger partial charge in [-0.25, -0.2) is 9.97 Å². The average Bonchev–Trinajstić information content (AvgIpc) is 2.26. The summed E-state index contributed by atoms with van der Waals surface area (Å²) >= 11 is 0. The van der Waals surface area contributed by atoms with Crippen LogP contribution in [0.5, 0.6) is 0 Å². The van der Waals surface area contributed by atoms with Crippen molar-refractivity contribution in [3.8, 4) is 0 Å². The van der Waals surface area contributed by atoms with E-state index < -0.39 is 0 Å². The van der Waals surface area contributed by atoms with Crippen LogP contribution < -0.4 is 11.1 Å². The smallest absolute Gasteiger partial charge is 0.138 e. The summed E-state index contributed by atoms with van der Waals surface area (Å²) in [6.45, 7) is 16.3. The van der Waals surface area contributed by atoms with Crippen molar-refractivity contribution >= 4 is 11.6 Å². The molecule has 0 aliphatic carbocycles. The van der Waals surface area contributed by atoms with Gasteiger partial charge in [0.25, 0.3) is 0 Å². The van der Waals surface area contributed by atoms with Gasteiger partial charge < -0.3 is 11.1 Å². The van der Waals surface area contributed by atoms with E-state index in [0.29, 0.717) is 23.6 Å². The molecule has 0 amide bonds. The highest BCUT2D eigenvalue weighted by atomic mass is 15.1. The molecule has 0 aliphatic rings. The fourth-order valence-electron chi connectivity index (χ4n) is 2.36. The number of nitrogens with one attached hydrogen (secondary N) is 1. The van der Waals surface area contributed by atoms with Gasteiger partial charge in [0.05, 0.1) is 0 Å². The summed E-state index contributed by atoms with van der Waals surface area (Å²) in [6, 6.07) is 1.81. The van der Waals surface area contributed by atoms with E-state index in [4.69, 9.17) is 5.73 Å². The zero-order valence-corrected chi connectivity index (χ0v) is 14.0. The topological polar surface area (TPSA) is 63.8 Å². The molecule has 0 bridgehead atoms. The van der Waals surface area contributed by atoms with Crippen molar-refractivity contribution in [3.05, 3.63) is 11.9 Å². The maximum atomic E-state index is 5.89. The first kappa shape index (κ1) is 16.7. The molecule has 1 heterocycles. The van der Waals surface area contributed by atoms with Crippen molar-refractivity contribution < 1.29 is 0 Å². The van der Waals surface area contributed by atoms with Crippen LogP contribution in [0.4, 0.5) is 11.6 Å². The van der Waals surface area contributed by atoms with E-state index in [1.807, 2.05) is 6.07 Å². The molecule has 1 aromatic heterocycles. The molecular formula is C16H30N4. The Kier molecular flexibility index (Phi) is 5.37. The Morgan fingerprint density at radius 2 is 1.65 bits per heavy atom. The van der Waals surface area contributed by atoms with Gasteiger partial charge in [-0.15, -0.1) is 0 Å². The SMILES string of the molecule is CC(C)C(CNc1cc(N)nc(C(C)(C)C)n1)C(C)C. The van der Waals surface area contributed by atoms with Gasteiger partial charge in [0.2, 0.25) is 0 Å². The van der Waals surface area contributed by atoms with Crippen LogP contribution in [0, 0.1) is 17.8 Å². The van der Waals surface area contributed by atoms with Crippen LogP contribution in [0.1, 0.15) is 54.3 Å². The fourth-order valence-corrected chi connectivity index (χ4v) is 2.36. The number of anilines is 2. The summed E-state index contributed by atoms with van der Waals surface area (Å²) < 4.78 is 0. The molecule has 1 rings (SSSR count). The molecule has 0 atom stereocenters. The Morgan fingerprint density at radius 3 is 2.10 bits per heavy atom. The molecule has 114 valence electrons. The number of nitrogens with two attached hydrogens (primary N) is 1. The summed E-state index contributed by atoms with van der Waals surface area (Å²) in [4.78, 5) is 8.92. The van der Waals surface area contributed by atoms with Gasteiger partial charge in [-0.1, -0.05) is 48.5 Å². The predicted octanol–water partition coefficient (Wildman–Crippen LogP) is 3.70. The second-order valence-corrected chi connectivity index (χ2v) is 7.28. The minimum atomic E-state index is -0.0959. The molecule has 0 aliphatic heterocycles. The van der Waals surface area contributed by atoms with Crippen molar-refractivity contribution in [1.29, 1.82) is 0 Å². The minimum absolute atomic E-state index is 0.0959. The molecule has 0 fully saturated rings. The van der Waals surface area contributed by atoms with Gasteiger partial charge in [-0.2, -0.15) is 0 Å². The molecule has 3 N–H and O–H groups in total. The molecule has 4 heteroatoms. The monoisotopic (exact) mass is 278 g/mol. The Labute approximate surface area is 123 Å². The molecular weight excluding hydrogens is 248 g/mol. The standard InChI is InChI=1S/C16H30N4/c1-10(2)12(11(3)4)9-18-14-8-13(17)19-15(20-14)16(5,6)7/h8,10-12H,9H2,1-7H3,(H3,17,18,19,20). The molecule has 20 heavy (non-hydrogen) atoms. The maximum absolute atomic E-state index is 5.89. The van der Waals surface area contributed by atoms with Crippen LogP contribution in [0.15, 0.2) is 6.07 Å². The van der Waals surface area contributed by atoms with Gasteiger partial charge in [0, 0.05) is 18.0 Å². The Morgan fingerprint density at radius 1 is 1.10 bits per heavy atom. The second kappa shape index (κ2) is 6.42. The summed E-state index contributed by atoms with van der Waals surface area (Å²) in [5.41, 5.74) is 5.80. The second-order valence-electron chi connectivity index (χ2n) is 7.28. The molecule has 1 aromatic rings. The first-order chi connectivity index (χ1) is 9.11. The van der Waals surface area contributed by atoms with E-state index in [2.05, 4.69) is 63.8 Å². The molecule has 4 nitrogen and oxygen atoms in total. The largest absolute Gasteiger partial charge is 0.384 e. The summed E-state index contributed by atoms with van der Waals surface area (Å²) in [5.74, 6) is 4.04. The lowest BCUT2D eigenvalue weighted by Crippen LogP contribution is -2.25. The van der Waals surface area contributed by atoms with Crippen molar-refractivity contribution in [2.45, 2.75) is 53.9 Å². The van der Waals surface area contributed by atoms with Gasteiger partial charge in [-0.3, -0.25) is 0 Å². The van der Waals surface area contributed by atoms with Gasteiger partial charge in [0.1, 0.15) is 17.5 Å². The van der Waals surface area contributed by atoms with E-state index in [-0.39, 0.29) is 5.41 Å². The molecule has 0 saturated heterocycles. The fraction of sp³-hybridized carbons (Fsp3) is 0.750. The predicted molar refractivity (Wildman–Crippen MR) is 86.8 cm³/mol. The van der Waals surface area contributed by atoms with E-state index in [0.717, 1.165) is 18.2 Å². The van der Waals surface area contributed by atoms with Gasteiger partial charge >= 0.3 is 0 Å². The van der Waals surface area contributed by atoms with Crippen LogP contribution in [0.2, 0.25) is 0 Å². The summed E-state index contributed by atoms with van der Waals surface area (Å²) in [5, 5.41) is 3.43. The first-order valence-electron chi connectivity index (χ1n) is 7.50. The van der Waals surface area contributed by atoms with E-state index in [1.54, 1.807) is 0 Å². The number of hydrogen-bond donors (Lipinski definition) is 2. The third kappa shape index (κ3) is 4.66. The molecule has 0 spiro atoms. The highest BCUT2D eigenvalue weighted by molar-refractivity contribution is 5.45. The lowest BCUT2D eigenvalue weighted by Gasteiger charge is -2.25. The third-order valence-electron chi connectivity index (χ3n) is 3.65. The van der Waals surface area contributed by atoms with E-state index in [1.165, 1.54) is 0 Å².